The van der Waals surface area contributed by atoms with Crippen LogP contribution >= 0.6 is 11.6 Å². The first kappa shape index (κ1) is 13.8. The Morgan fingerprint density at radius 1 is 1.10 bits per heavy atom. The van der Waals surface area contributed by atoms with Crippen molar-refractivity contribution in [3.8, 4) is 0 Å². The van der Waals surface area contributed by atoms with Gasteiger partial charge in [-0.25, -0.2) is 8.78 Å². The van der Waals surface area contributed by atoms with E-state index in [1.54, 1.807) is 18.3 Å². The van der Waals surface area contributed by atoms with Crippen molar-refractivity contribution in [1.29, 1.82) is 0 Å². The normalized spacial score (nSPS) is 10.8. The van der Waals surface area contributed by atoms with Crippen molar-refractivity contribution in [3.05, 3.63) is 70.9 Å². The summed E-state index contributed by atoms with van der Waals surface area (Å²) in [4.78, 5) is 4.29. The van der Waals surface area contributed by atoms with Crippen LogP contribution in [-0.4, -0.2) is 4.98 Å². The standard InChI is InChI=1S/C16H11ClF2N2/c17-12-7-10-4-2-6-20-16(10)14(8-12)21-9-11-3-1-5-13(18)15(11)19/h1-8,21H,9H2. The zero-order chi connectivity index (χ0) is 14.8. The van der Waals surface area contributed by atoms with E-state index in [2.05, 4.69) is 10.3 Å². The summed E-state index contributed by atoms with van der Waals surface area (Å²) in [6.07, 6.45) is 1.67. The van der Waals surface area contributed by atoms with Crippen molar-refractivity contribution in [2.45, 2.75) is 6.54 Å². The minimum absolute atomic E-state index is 0.148. The third kappa shape index (κ3) is 2.81. The van der Waals surface area contributed by atoms with Gasteiger partial charge in [0.25, 0.3) is 0 Å². The van der Waals surface area contributed by atoms with Crippen LogP contribution in [0, 0.1) is 11.6 Å². The van der Waals surface area contributed by atoms with Gasteiger partial charge in [0.2, 0.25) is 0 Å². The topological polar surface area (TPSA) is 24.9 Å². The number of nitrogens with zero attached hydrogens (tertiary/aromatic N) is 1. The van der Waals surface area contributed by atoms with Gasteiger partial charge in [-0.15, -0.1) is 0 Å². The molecule has 2 nitrogen and oxygen atoms in total. The predicted molar refractivity (Wildman–Crippen MR) is 80.4 cm³/mol. The van der Waals surface area contributed by atoms with Crippen molar-refractivity contribution in [1.82, 2.24) is 4.98 Å². The molecule has 0 saturated carbocycles. The van der Waals surface area contributed by atoms with Crippen molar-refractivity contribution in [2.75, 3.05) is 5.32 Å². The smallest absolute Gasteiger partial charge is 0.163 e. The summed E-state index contributed by atoms with van der Waals surface area (Å²) in [5, 5.41) is 4.49. The van der Waals surface area contributed by atoms with Gasteiger partial charge >= 0.3 is 0 Å². The van der Waals surface area contributed by atoms with E-state index in [1.165, 1.54) is 12.1 Å². The lowest BCUT2D eigenvalue weighted by atomic mass is 10.1. The number of anilines is 1. The summed E-state index contributed by atoms with van der Waals surface area (Å²) in [5.74, 6) is -1.70. The number of pyridine rings is 1. The highest BCUT2D eigenvalue weighted by atomic mass is 35.5. The third-order valence-corrected chi connectivity index (χ3v) is 3.39. The lowest BCUT2D eigenvalue weighted by Gasteiger charge is -2.10. The molecule has 0 aliphatic rings. The molecule has 3 aromatic rings. The molecule has 0 amide bonds. The van der Waals surface area contributed by atoms with Crippen molar-refractivity contribution >= 4 is 28.2 Å². The molecule has 5 heteroatoms. The average Bonchev–Trinajstić information content (AvgIpc) is 2.48. The molecule has 3 rings (SSSR count). The van der Waals surface area contributed by atoms with Crippen molar-refractivity contribution < 1.29 is 8.78 Å². The average molecular weight is 305 g/mol. The molecule has 0 bridgehead atoms. The van der Waals surface area contributed by atoms with Gasteiger partial charge in [0.15, 0.2) is 11.6 Å². The van der Waals surface area contributed by atoms with Crippen LogP contribution in [-0.2, 0) is 6.54 Å². The first-order valence-corrected chi connectivity index (χ1v) is 6.74. The van der Waals surface area contributed by atoms with E-state index in [4.69, 9.17) is 11.6 Å². The highest BCUT2D eigenvalue weighted by molar-refractivity contribution is 6.31. The number of hydrogen-bond acceptors (Lipinski definition) is 2. The minimum Gasteiger partial charge on any atom is -0.379 e. The van der Waals surface area contributed by atoms with E-state index in [9.17, 15) is 8.78 Å². The number of rotatable bonds is 3. The Morgan fingerprint density at radius 2 is 1.95 bits per heavy atom. The van der Waals surface area contributed by atoms with E-state index >= 15 is 0 Å². The van der Waals surface area contributed by atoms with Gasteiger partial charge in [-0.05, 0) is 24.3 Å². The summed E-state index contributed by atoms with van der Waals surface area (Å²) in [6, 6.07) is 11.3. The molecule has 0 atom stereocenters. The second kappa shape index (κ2) is 5.66. The first-order valence-electron chi connectivity index (χ1n) is 6.36. The Kier molecular flexibility index (Phi) is 3.71. The monoisotopic (exact) mass is 304 g/mol. The van der Waals surface area contributed by atoms with E-state index in [-0.39, 0.29) is 12.1 Å². The molecule has 0 fully saturated rings. The second-order valence-corrected chi connectivity index (χ2v) is 5.03. The lowest BCUT2D eigenvalue weighted by molar-refractivity contribution is 0.500. The predicted octanol–water partition coefficient (Wildman–Crippen LogP) is 4.78. The highest BCUT2D eigenvalue weighted by Crippen LogP contribution is 2.27. The molecule has 2 aromatic carbocycles. The second-order valence-electron chi connectivity index (χ2n) is 4.59. The van der Waals surface area contributed by atoms with Crippen LogP contribution in [0.2, 0.25) is 5.02 Å². The first-order chi connectivity index (χ1) is 10.1. The zero-order valence-corrected chi connectivity index (χ0v) is 11.7. The van der Waals surface area contributed by atoms with Crippen LogP contribution in [0.25, 0.3) is 10.9 Å². The molecule has 0 aliphatic heterocycles. The fourth-order valence-electron chi connectivity index (χ4n) is 2.17. The summed E-state index contributed by atoms with van der Waals surface area (Å²) in [7, 11) is 0. The minimum atomic E-state index is -0.858. The van der Waals surface area contributed by atoms with Crippen LogP contribution in [0.1, 0.15) is 5.56 Å². The van der Waals surface area contributed by atoms with E-state index < -0.39 is 11.6 Å². The highest BCUT2D eigenvalue weighted by Gasteiger charge is 2.09. The number of fused-ring (bicyclic) bond motifs is 1. The van der Waals surface area contributed by atoms with E-state index in [0.717, 1.165) is 17.0 Å². The summed E-state index contributed by atoms with van der Waals surface area (Å²) in [5.41, 5.74) is 1.67. The Balaban J connectivity index is 1.93. The quantitative estimate of drug-likeness (QED) is 0.753. The summed E-state index contributed by atoms with van der Waals surface area (Å²) >= 11 is 6.06. The SMILES string of the molecule is Fc1cccc(CNc2cc(Cl)cc3cccnc23)c1F. The number of benzene rings is 2. The van der Waals surface area contributed by atoms with Crippen molar-refractivity contribution in [3.63, 3.8) is 0 Å². The van der Waals surface area contributed by atoms with Crippen LogP contribution < -0.4 is 5.32 Å². The molecule has 0 aliphatic carbocycles. The number of hydrogen-bond donors (Lipinski definition) is 1. The number of aromatic nitrogens is 1. The maximum Gasteiger partial charge on any atom is 0.163 e. The van der Waals surface area contributed by atoms with Crippen LogP contribution in [0.5, 0.6) is 0 Å². The molecule has 0 unspecified atom stereocenters. The van der Waals surface area contributed by atoms with Gasteiger partial charge in [-0.2, -0.15) is 0 Å². The molecular weight excluding hydrogens is 294 g/mol. The molecule has 1 N–H and O–H groups in total. The Labute approximate surface area is 125 Å². The van der Waals surface area contributed by atoms with Crippen LogP contribution in [0.3, 0.4) is 0 Å². The Hall–Kier alpha value is -2.20. The van der Waals surface area contributed by atoms with Gasteiger partial charge in [-0.1, -0.05) is 29.8 Å². The fraction of sp³-hybridized carbons (Fsp3) is 0.0625. The van der Waals surface area contributed by atoms with Crippen LogP contribution in [0.15, 0.2) is 48.7 Å². The van der Waals surface area contributed by atoms with Crippen molar-refractivity contribution in [2.24, 2.45) is 0 Å². The maximum absolute atomic E-state index is 13.6. The zero-order valence-electron chi connectivity index (χ0n) is 10.9. The van der Waals surface area contributed by atoms with E-state index in [1.807, 2.05) is 12.1 Å². The molecule has 0 saturated heterocycles. The van der Waals surface area contributed by atoms with Gasteiger partial charge in [0, 0.05) is 28.7 Å². The Bertz CT molecular complexity index is 805. The molecule has 0 spiro atoms. The van der Waals surface area contributed by atoms with Crippen LogP contribution in [0.4, 0.5) is 14.5 Å². The Morgan fingerprint density at radius 3 is 2.81 bits per heavy atom. The number of halogens is 3. The number of nitrogens with one attached hydrogen (secondary N) is 1. The molecule has 0 radical (unpaired) electrons. The van der Waals surface area contributed by atoms with Gasteiger partial charge < -0.3 is 5.32 Å². The van der Waals surface area contributed by atoms with Gasteiger partial charge in [0.1, 0.15) is 0 Å². The molecule has 1 heterocycles. The summed E-state index contributed by atoms with van der Waals surface area (Å²) < 4.78 is 26.8. The largest absolute Gasteiger partial charge is 0.379 e. The van der Waals surface area contributed by atoms with E-state index in [0.29, 0.717) is 10.7 Å². The molecular formula is C16H11ClF2N2. The van der Waals surface area contributed by atoms with Gasteiger partial charge in [-0.3, -0.25) is 4.98 Å². The molecule has 21 heavy (non-hydrogen) atoms. The third-order valence-electron chi connectivity index (χ3n) is 3.17. The van der Waals surface area contributed by atoms with Gasteiger partial charge in [0.05, 0.1) is 11.2 Å². The maximum atomic E-state index is 13.6. The summed E-state index contributed by atoms with van der Waals surface area (Å²) in [6.45, 7) is 0.148. The molecule has 106 valence electrons. The lowest BCUT2D eigenvalue weighted by Crippen LogP contribution is -2.04. The fourth-order valence-corrected chi connectivity index (χ4v) is 2.39. The molecule has 1 aromatic heterocycles.